The molecule has 3 aromatic rings. The molecule has 1 aliphatic rings. The van der Waals surface area contributed by atoms with Crippen LogP contribution in [0.4, 0.5) is 4.39 Å². The van der Waals surface area contributed by atoms with Gasteiger partial charge in [0, 0.05) is 6.07 Å². The lowest BCUT2D eigenvalue weighted by atomic mass is 9.99. The summed E-state index contributed by atoms with van der Waals surface area (Å²) in [6.45, 7) is -0.580. The molecule has 0 spiro atoms. The minimum atomic E-state index is -1.57. The maximum atomic E-state index is 13.1. The lowest BCUT2D eigenvalue weighted by molar-refractivity contribution is -0.277. The first-order valence-electron chi connectivity index (χ1n) is 9.17. The van der Waals surface area contributed by atoms with Crippen molar-refractivity contribution >= 4 is 11.0 Å². The summed E-state index contributed by atoms with van der Waals surface area (Å²) in [4.78, 5) is 12.8. The summed E-state index contributed by atoms with van der Waals surface area (Å²) >= 11 is 0. The molecule has 9 heteroatoms. The molecule has 1 aromatic heterocycles. The Morgan fingerprint density at radius 3 is 2.43 bits per heavy atom. The Balaban J connectivity index is 1.62. The third-order valence-electron chi connectivity index (χ3n) is 5.00. The third-order valence-corrected chi connectivity index (χ3v) is 5.00. The molecule has 30 heavy (non-hydrogen) atoms. The lowest BCUT2D eigenvalue weighted by Crippen LogP contribution is -2.60. The molecule has 0 amide bonds. The van der Waals surface area contributed by atoms with E-state index in [1.807, 2.05) is 0 Å². The van der Waals surface area contributed by atoms with Gasteiger partial charge in [0.25, 0.3) is 0 Å². The van der Waals surface area contributed by atoms with Crippen LogP contribution in [0, 0.1) is 5.82 Å². The zero-order valence-corrected chi connectivity index (χ0v) is 15.5. The summed E-state index contributed by atoms with van der Waals surface area (Å²) in [6.07, 6.45) is -5.84. The number of rotatable bonds is 4. The minimum Gasteiger partial charge on any atom is -0.463 e. The quantitative estimate of drug-likeness (QED) is 0.489. The van der Waals surface area contributed by atoms with Crippen LogP contribution in [0.15, 0.2) is 57.9 Å². The number of aliphatic hydroxyl groups excluding tert-OH is 4. The lowest BCUT2D eigenvalue weighted by Gasteiger charge is -2.39. The van der Waals surface area contributed by atoms with Gasteiger partial charge in [0.05, 0.1) is 17.6 Å². The Morgan fingerprint density at radius 2 is 1.73 bits per heavy atom. The molecule has 2 heterocycles. The van der Waals surface area contributed by atoms with Crippen LogP contribution in [0.3, 0.4) is 0 Å². The van der Waals surface area contributed by atoms with E-state index in [-0.39, 0.29) is 27.7 Å². The topological polar surface area (TPSA) is 130 Å². The highest BCUT2D eigenvalue weighted by molar-refractivity contribution is 5.82. The van der Waals surface area contributed by atoms with Gasteiger partial charge >= 0.3 is 0 Å². The predicted molar refractivity (Wildman–Crippen MR) is 102 cm³/mol. The zero-order chi connectivity index (χ0) is 21.4. The second-order valence-electron chi connectivity index (χ2n) is 6.96. The highest BCUT2D eigenvalue weighted by atomic mass is 19.1. The number of hydrogen-bond donors (Lipinski definition) is 4. The first-order chi connectivity index (χ1) is 14.4. The molecular formula is C21H19FO8. The average molecular weight is 418 g/mol. The van der Waals surface area contributed by atoms with Crippen molar-refractivity contribution in [3.8, 4) is 16.9 Å². The zero-order valence-electron chi connectivity index (χ0n) is 15.5. The fourth-order valence-electron chi connectivity index (χ4n) is 3.31. The molecular weight excluding hydrogens is 399 g/mol. The summed E-state index contributed by atoms with van der Waals surface area (Å²) in [5, 5.41) is 39.3. The van der Waals surface area contributed by atoms with Crippen LogP contribution in [0.5, 0.6) is 5.75 Å². The molecule has 0 aliphatic carbocycles. The van der Waals surface area contributed by atoms with Crippen molar-refractivity contribution in [3.63, 3.8) is 0 Å². The van der Waals surface area contributed by atoms with E-state index in [1.54, 1.807) is 0 Å². The first kappa shape index (κ1) is 20.5. The number of halogens is 1. The predicted octanol–water partition coefficient (Wildman–Crippen LogP) is 0.778. The SMILES string of the molecule is O=c1c(-c2ccc(F)cc2)coc2cc(O[C@H]3O[C@H](CO)[C@@H](O)[C@@H](O)[C@@H]3O)ccc12. The Labute approximate surface area is 169 Å². The van der Waals surface area contributed by atoms with Gasteiger partial charge in [-0.1, -0.05) is 12.1 Å². The number of fused-ring (bicyclic) bond motifs is 1. The smallest absolute Gasteiger partial charge is 0.229 e. The number of benzene rings is 2. The Hall–Kier alpha value is -2.82. The van der Waals surface area contributed by atoms with Crippen molar-refractivity contribution in [3.05, 3.63) is 64.8 Å². The largest absolute Gasteiger partial charge is 0.463 e. The minimum absolute atomic E-state index is 0.171. The van der Waals surface area contributed by atoms with Crippen LogP contribution in [-0.4, -0.2) is 57.7 Å². The van der Waals surface area contributed by atoms with E-state index >= 15 is 0 Å². The van der Waals surface area contributed by atoms with Gasteiger partial charge in [-0.3, -0.25) is 4.79 Å². The van der Waals surface area contributed by atoms with E-state index in [2.05, 4.69) is 0 Å². The van der Waals surface area contributed by atoms with Crippen molar-refractivity contribution < 1.29 is 38.7 Å². The number of aliphatic hydroxyl groups is 4. The molecule has 0 radical (unpaired) electrons. The van der Waals surface area contributed by atoms with Gasteiger partial charge in [-0.05, 0) is 29.8 Å². The van der Waals surface area contributed by atoms with Crippen LogP contribution >= 0.6 is 0 Å². The highest BCUT2D eigenvalue weighted by Gasteiger charge is 2.44. The molecule has 1 saturated heterocycles. The molecule has 0 saturated carbocycles. The normalized spacial score (nSPS) is 26.6. The second kappa shape index (κ2) is 8.13. The van der Waals surface area contributed by atoms with Gasteiger partial charge in [-0.2, -0.15) is 0 Å². The van der Waals surface area contributed by atoms with Gasteiger partial charge in [0.2, 0.25) is 6.29 Å². The van der Waals surface area contributed by atoms with Crippen LogP contribution in [-0.2, 0) is 4.74 Å². The Bertz CT molecular complexity index is 1090. The Morgan fingerprint density at radius 1 is 1.00 bits per heavy atom. The van der Waals surface area contributed by atoms with Crippen LogP contribution in [0.1, 0.15) is 0 Å². The summed E-state index contributed by atoms with van der Waals surface area (Å²) in [7, 11) is 0. The van der Waals surface area contributed by atoms with Crippen molar-refractivity contribution in [1.29, 1.82) is 0 Å². The van der Waals surface area contributed by atoms with Crippen molar-refractivity contribution in [2.45, 2.75) is 30.7 Å². The molecule has 0 unspecified atom stereocenters. The maximum Gasteiger partial charge on any atom is 0.229 e. The fourth-order valence-corrected chi connectivity index (χ4v) is 3.31. The van der Waals surface area contributed by atoms with E-state index < -0.39 is 43.1 Å². The van der Waals surface area contributed by atoms with E-state index in [0.717, 1.165) is 0 Å². The molecule has 8 nitrogen and oxygen atoms in total. The molecule has 1 aliphatic heterocycles. The number of hydrogen-bond acceptors (Lipinski definition) is 8. The van der Waals surface area contributed by atoms with E-state index in [9.17, 15) is 29.6 Å². The number of ether oxygens (including phenoxy) is 2. The van der Waals surface area contributed by atoms with Crippen molar-refractivity contribution in [1.82, 2.24) is 0 Å². The summed E-state index contributed by atoms with van der Waals surface area (Å²) in [6, 6.07) is 9.77. The standard InChI is InChI=1S/C21H19FO8/c22-11-3-1-10(2-4-11)14-9-28-15-7-12(5-6-13(15)17(14)24)29-21-20(27)19(26)18(25)16(8-23)30-21/h1-7,9,16,18-21,23,25-27H,8H2/t16-,18-,19-,20+,21+/m1/s1. The van der Waals surface area contributed by atoms with Crippen molar-refractivity contribution in [2.75, 3.05) is 6.61 Å². The second-order valence-corrected chi connectivity index (χ2v) is 6.96. The van der Waals surface area contributed by atoms with Crippen LogP contribution in [0.25, 0.3) is 22.1 Å². The Kier molecular flexibility index (Phi) is 5.54. The van der Waals surface area contributed by atoms with Gasteiger partial charge in [0.15, 0.2) is 5.43 Å². The summed E-state index contributed by atoms with van der Waals surface area (Å²) < 4.78 is 29.5. The monoisotopic (exact) mass is 418 g/mol. The molecule has 2 aromatic carbocycles. The van der Waals surface area contributed by atoms with E-state index in [0.29, 0.717) is 5.56 Å². The molecule has 4 N–H and O–H groups in total. The molecule has 158 valence electrons. The highest BCUT2D eigenvalue weighted by Crippen LogP contribution is 2.27. The maximum absolute atomic E-state index is 13.1. The van der Waals surface area contributed by atoms with Gasteiger partial charge in [0.1, 0.15) is 47.8 Å². The van der Waals surface area contributed by atoms with Crippen LogP contribution < -0.4 is 10.2 Å². The van der Waals surface area contributed by atoms with E-state index in [4.69, 9.17) is 13.9 Å². The third kappa shape index (κ3) is 3.69. The molecule has 0 bridgehead atoms. The first-order valence-corrected chi connectivity index (χ1v) is 9.17. The molecule has 4 rings (SSSR count). The summed E-state index contributed by atoms with van der Waals surface area (Å²) in [5.41, 5.74) is 0.661. The van der Waals surface area contributed by atoms with Crippen LogP contribution in [0.2, 0.25) is 0 Å². The fraction of sp³-hybridized carbons (Fsp3) is 0.286. The van der Waals surface area contributed by atoms with E-state index in [1.165, 1.54) is 48.7 Å². The van der Waals surface area contributed by atoms with Gasteiger partial charge < -0.3 is 34.3 Å². The van der Waals surface area contributed by atoms with Gasteiger partial charge in [-0.15, -0.1) is 0 Å². The average Bonchev–Trinajstić information content (AvgIpc) is 2.75. The summed E-state index contributed by atoms with van der Waals surface area (Å²) in [5.74, 6) is -0.247. The molecule has 5 atom stereocenters. The molecule has 1 fully saturated rings. The van der Waals surface area contributed by atoms with Crippen molar-refractivity contribution in [2.24, 2.45) is 0 Å². The van der Waals surface area contributed by atoms with Gasteiger partial charge in [-0.25, -0.2) is 4.39 Å².